The van der Waals surface area contributed by atoms with Crippen molar-refractivity contribution in [1.29, 1.82) is 0 Å². The van der Waals surface area contributed by atoms with Crippen LogP contribution in [-0.4, -0.2) is 19.6 Å². The van der Waals surface area contributed by atoms with E-state index in [9.17, 15) is 0 Å². The second-order valence-corrected chi connectivity index (χ2v) is 5.05. The molecule has 0 spiro atoms. The molecule has 0 heterocycles. The predicted molar refractivity (Wildman–Crippen MR) is 81.2 cm³/mol. The van der Waals surface area contributed by atoms with E-state index in [0.29, 0.717) is 6.04 Å². The number of rotatable bonds is 8. The molecule has 0 aliphatic rings. The molecule has 102 valence electrons. The number of hydrogen-bond acceptors (Lipinski definition) is 2. The molecule has 0 aliphatic heterocycles. The van der Waals surface area contributed by atoms with Crippen LogP contribution < -0.4 is 10.2 Å². The van der Waals surface area contributed by atoms with Crippen molar-refractivity contribution < 1.29 is 0 Å². The number of para-hydroxylation sites is 1. The fourth-order valence-corrected chi connectivity index (χ4v) is 2.25. The van der Waals surface area contributed by atoms with Crippen molar-refractivity contribution in [3.05, 3.63) is 29.8 Å². The third-order valence-corrected chi connectivity index (χ3v) is 3.48. The van der Waals surface area contributed by atoms with Gasteiger partial charge in [0.15, 0.2) is 0 Å². The maximum absolute atomic E-state index is 3.49. The maximum atomic E-state index is 3.49. The Morgan fingerprint density at radius 2 is 1.89 bits per heavy atom. The van der Waals surface area contributed by atoms with Gasteiger partial charge in [-0.1, -0.05) is 38.5 Å². The molecule has 1 rings (SSSR count). The van der Waals surface area contributed by atoms with E-state index in [-0.39, 0.29) is 0 Å². The van der Waals surface area contributed by atoms with Crippen LogP contribution in [0.4, 0.5) is 5.69 Å². The predicted octanol–water partition coefficient (Wildman–Crippen LogP) is 3.81. The van der Waals surface area contributed by atoms with Gasteiger partial charge < -0.3 is 10.2 Å². The molecule has 2 nitrogen and oxygen atoms in total. The molecular weight excluding hydrogens is 220 g/mol. The van der Waals surface area contributed by atoms with Gasteiger partial charge in [0.05, 0.1) is 0 Å². The largest absolute Gasteiger partial charge is 0.372 e. The minimum absolute atomic E-state index is 0.599. The van der Waals surface area contributed by atoms with Gasteiger partial charge in [-0.25, -0.2) is 0 Å². The highest BCUT2D eigenvalue weighted by Gasteiger charge is 2.12. The Balaban J connectivity index is 2.73. The average molecular weight is 248 g/mol. The van der Waals surface area contributed by atoms with E-state index in [4.69, 9.17) is 0 Å². The van der Waals surface area contributed by atoms with Crippen LogP contribution in [0.5, 0.6) is 0 Å². The lowest BCUT2D eigenvalue weighted by atomic mass is 10.1. The first kappa shape index (κ1) is 15.0. The summed E-state index contributed by atoms with van der Waals surface area (Å²) >= 11 is 0. The van der Waals surface area contributed by atoms with Crippen LogP contribution in [0.15, 0.2) is 24.3 Å². The van der Waals surface area contributed by atoms with Gasteiger partial charge in [0, 0.05) is 25.3 Å². The molecule has 18 heavy (non-hydrogen) atoms. The number of anilines is 1. The minimum atomic E-state index is 0.599. The normalized spacial score (nSPS) is 12.4. The Kier molecular flexibility index (Phi) is 6.81. The number of benzene rings is 1. The topological polar surface area (TPSA) is 15.3 Å². The third-order valence-electron chi connectivity index (χ3n) is 3.48. The van der Waals surface area contributed by atoms with Crippen LogP contribution in [0, 0.1) is 0 Å². The Hall–Kier alpha value is -1.02. The molecule has 1 aromatic carbocycles. The van der Waals surface area contributed by atoms with E-state index < -0.39 is 0 Å². The molecule has 0 amide bonds. The van der Waals surface area contributed by atoms with Crippen LogP contribution in [0.2, 0.25) is 0 Å². The summed E-state index contributed by atoms with van der Waals surface area (Å²) in [4.78, 5) is 2.41. The number of nitrogens with zero attached hydrogens (tertiary/aromatic N) is 1. The van der Waals surface area contributed by atoms with Gasteiger partial charge in [0.1, 0.15) is 0 Å². The molecule has 0 fully saturated rings. The molecule has 0 saturated carbocycles. The highest BCUT2D eigenvalue weighted by atomic mass is 15.1. The summed E-state index contributed by atoms with van der Waals surface area (Å²) in [6.45, 7) is 8.81. The number of hydrogen-bond donors (Lipinski definition) is 1. The van der Waals surface area contributed by atoms with Crippen molar-refractivity contribution in [2.24, 2.45) is 0 Å². The first-order chi connectivity index (χ1) is 8.70. The zero-order valence-corrected chi connectivity index (χ0v) is 12.4. The van der Waals surface area contributed by atoms with E-state index in [0.717, 1.165) is 13.1 Å². The third kappa shape index (κ3) is 4.34. The van der Waals surface area contributed by atoms with Gasteiger partial charge in [-0.2, -0.15) is 0 Å². The van der Waals surface area contributed by atoms with E-state index in [1.165, 1.54) is 30.5 Å². The van der Waals surface area contributed by atoms with Gasteiger partial charge in [-0.05, 0) is 37.9 Å². The molecule has 0 saturated heterocycles. The Morgan fingerprint density at radius 3 is 2.56 bits per heavy atom. The van der Waals surface area contributed by atoms with Crippen LogP contribution >= 0.6 is 0 Å². The van der Waals surface area contributed by atoms with E-state index in [1.807, 2.05) is 0 Å². The molecule has 1 unspecified atom stereocenters. The SMILES string of the molecule is CCCNCc1ccccc1N(C)C(C)CCC. The molecule has 1 aromatic rings. The smallest absolute Gasteiger partial charge is 0.0411 e. The zero-order chi connectivity index (χ0) is 13.4. The highest BCUT2D eigenvalue weighted by Crippen LogP contribution is 2.22. The number of nitrogens with one attached hydrogen (secondary N) is 1. The minimum Gasteiger partial charge on any atom is -0.372 e. The lowest BCUT2D eigenvalue weighted by Crippen LogP contribution is -2.30. The van der Waals surface area contributed by atoms with E-state index in [2.05, 4.69) is 62.3 Å². The van der Waals surface area contributed by atoms with Gasteiger partial charge >= 0.3 is 0 Å². The lowest BCUT2D eigenvalue weighted by Gasteiger charge is -2.29. The molecule has 0 bridgehead atoms. The van der Waals surface area contributed by atoms with E-state index in [1.54, 1.807) is 0 Å². The summed E-state index contributed by atoms with van der Waals surface area (Å²) in [7, 11) is 2.21. The molecule has 0 aliphatic carbocycles. The van der Waals surface area contributed by atoms with Crippen molar-refractivity contribution in [3.63, 3.8) is 0 Å². The quantitative estimate of drug-likeness (QED) is 0.704. The van der Waals surface area contributed by atoms with Crippen LogP contribution in [0.3, 0.4) is 0 Å². The lowest BCUT2D eigenvalue weighted by molar-refractivity contribution is 0.610. The van der Waals surface area contributed by atoms with Gasteiger partial charge in [-0.3, -0.25) is 0 Å². The first-order valence-corrected chi connectivity index (χ1v) is 7.22. The van der Waals surface area contributed by atoms with Crippen molar-refractivity contribution in [2.75, 3.05) is 18.5 Å². The Bertz CT molecular complexity index is 336. The monoisotopic (exact) mass is 248 g/mol. The maximum Gasteiger partial charge on any atom is 0.0411 e. The second-order valence-electron chi connectivity index (χ2n) is 5.05. The summed E-state index contributed by atoms with van der Waals surface area (Å²) in [5.74, 6) is 0. The van der Waals surface area contributed by atoms with Gasteiger partial charge in [-0.15, -0.1) is 0 Å². The van der Waals surface area contributed by atoms with Crippen molar-refractivity contribution in [3.8, 4) is 0 Å². The average Bonchev–Trinajstić information content (AvgIpc) is 2.39. The molecule has 0 radical (unpaired) electrons. The second kappa shape index (κ2) is 8.15. The van der Waals surface area contributed by atoms with Crippen molar-refractivity contribution in [1.82, 2.24) is 5.32 Å². The van der Waals surface area contributed by atoms with Crippen molar-refractivity contribution in [2.45, 2.75) is 52.6 Å². The van der Waals surface area contributed by atoms with Gasteiger partial charge in [0.2, 0.25) is 0 Å². The fraction of sp³-hybridized carbons (Fsp3) is 0.625. The van der Waals surface area contributed by atoms with E-state index >= 15 is 0 Å². The summed E-state index contributed by atoms with van der Waals surface area (Å²) in [5, 5.41) is 3.49. The van der Waals surface area contributed by atoms with Crippen LogP contribution in [0.25, 0.3) is 0 Å². The summed E-state index contributed by atoms with van der Waals surface area (Å²) in [5.41, 5.74) is 2.76. The Labute approximate surface area is 112 Å². The molecule has 2 heteroatoms. The molecule has 1 N–H and O–H groups in total. The summed E-state index contributed by atoms with van der Waals surface area (Å²) in [6, 6.07) is 9.32. The first-order valence-electron chi connectivity index (χ1n) is 7.22. The molecule has 0 aromatic heterocycles. The highest BCUT2D eigenvalue weighted by molar-refractivity contribution is 5.53. The summed E-state index contributed by atoms with van der Waals surface area (Å²) < 4.78 is 0. The van der Waals surface area contributed by atoms with Crippen LogP contribution in [-0.2, 0) is 6.54 Å². The fourth-order valence-electron chi connectivity index (χ4n) is 2.25. The summed E-state index contributed by atoms with van der Waals surface area (Å²) in [6.07, 6.45) is 3.67. The molecular formula is C16H28N2. The molecule has 1 atom stereocenters. The van der Waals surface area contributed by atoms with Gasteiger partial charge in [0.25, 0.3) is 0 Å². The Morgan fingerprint density at radius 1 is 1.17 bits per heavy atom. The van der Waals surface area contributed by atoms with Crippen molar-refractivity contribution >= 4 is 5.69 Å². The standard InChI is InChI=1S/C16H28N2/c1-5-9-14(3)18(4)16-11-8-7-10-15(16)13-17-12-6-2/h7-8,10-11,14,17H,5-6,9,12-13H2,1-4H3. The van der Waals surface area contributed by atoms with Crippen LogP contribution in [0.1, 0.15) is 45.6 Å². The zero-order valence-electron chi connectivity index (χ0n) is 12.4.